The van der Waals surface area contributed by atoms with Gasteiger partial charge in [0.1, 0.15) is 11.4 Å². The van der Waals surface area contributed by atoms with Crippen LogP contribution in [-0.4, -0.2) is 38.1 Å². The normalized spacial score (nSPS) is 14.7. The SMILES string of the molecule is Cc1cc(Nc2nccc(C(F)(F)F)n2)cc(-c2ccc(C(=O)NC3(CO)CC3)nc2)c1. The van der Waals surface area contributed by atoms with Gasteiger partial charge in [0.25, 0.3) is 5.91 Å². The molecule has 0 unspecified atom stereocenters. The van der Waals surface area contributed by atoms with Crippen LogP contribution in [0.1, 0.15) is 34.6 Å². The van der Waals surface area contributed by atoms with Crippen LogP contribution < -0.4 is 10.6 Å². The predicted molar refractivity (Wildman–Crippen MR) is 111 cm³/mol. The Hall–Kier alpha value is -3.53. The van der Waals surface area contributed by atoms with Crippen molar-refractivity contribution in [2.24, 2.45) is 0 Å². The van der Waals surface area contributed by atoms with Crippen LogP contribution in [0.15, 0.2) is 48.8 Å². The second-order valence-corrected chi connectivity index (χ2v) is 7.80. The molecule has 2 heterocycles. The number of hydrogen-bond donors (Lipinski definition) is 3. The number of benzene rings is 1. The van der Waals surface area contributed by atoms with E-state index in [1.807, 2.05) is 13.0 Å². The number of aromatic nitrogens is 3. The third-order valence-electron chi connectivity index (χ3n) is 5.14. The van der Waals surface area contributed by atoms with Gasteiger partial charge in [-0.1, -0.05) is 12.1 Å². The Morgan fingerprint density at radius 3 is 2.53 bits per heavy atom. The Kier molecular flexibility index (Phi) is 5.55. The van der Waals surface area contributed by atoms with Crippen molar-refractivity contribution in [2.45, 2.75) is 31.5 Å². The van der Waals surface area contributed by atoms with Gasteiger partial charge in [-0.3, -0.25) is 9.78 Å². The monoisotopic (exact) mass is 443 g/mol. The molecule has 3 N–H and O–H groups in total. The number of carbonyl (C=O) groups excluding carboxylic acids is 1. The van der Waals surface area contributed by atoms with Crippen LogP contribution in [0.2, 0.25) is 0 Å². The van der Waals surface area contributed by atoms with Crippen LogP contribution in [0.5, 0.6) is 0 Å². The lowest BCUT2D eigenvalue weighted by molar-refractivity contribution is -0.141. The highest BCUT2D eigenvalue weighted by molar-refractivity contribution is 5.93. The number of rotatable bonds is 6. The minimum atomic E-state index is -4.56. The molecule has 1 aliphatic rings. The summed E-state index contributed by atoms with van der Waals surface area (Å²) in [6.07, 6.45) is -0.491. The third kappa shape index (κ3) is 4.86. The summed E-state index contributed by atoms with van der Waals surface area (Å²) in [5.41, 5.74) is 1.53. The number of carbonyl (C=O) groups is 1. The molecular weight excluding hydrogens is 423 g/mol. The van der Waals surface area contributed by atoms with E-state index >= 15 is 0 Å². The summed E-state index contributed by atoms with van der Waals surface area (Å²) < 4.78 is 38.7. The number of amides is 1. The maximum atomic E-state index is 12.9. The fourth-order valence-corrected chi connectivity index (χ4v) is 3.21. The minimum absolute atomic E-state index is 0.106. The van der Waals surface area contributed by atoms with E-state index in [1.165, 1.54) is 0 Å². The summed E-state index contributed by atoms with van der Waals surface area (Å²) in [5, 5.41) is 15.0. The molecule has 3 aromatic rings. The summed E-state index contributed by atoms with van der Waals surface area (Å²) in [6.45, 7) is 1.74. The molecule has 2 aromatic heterocycles. The van der Waals surface area contributed by atoms with Gasteiger partial charge in [0, 0.05) is 23.6 Å². The molecule has 1 aromatic carbocycles. The first-order chi connectivity index (χ1) is 15.2. The van der Waals surface area contributed by atoms with Gasteiger partial charge in [0.15, 0.2) is 0 Å². The molecule has 10 heteroatoms. The van der Waals surface area contributed by atoms with E-state index in [-0.39, 0.29) is 24.2 Å². The molecular formula is C22H20F3N5O2. The van der Waals surface area contributed by atoms with E-state index in [1.54, 1.807) is 30.5 Å². The van der Waals surface area contributed by atoms with Crippen LogP contribution in [-0.2, 0) is 6.18 Å². The van der Waals surface area contributed by atoms with Crippen molar-refractivity contribution in [3.05, 3.63) is 65.7 Å². The number of aliphatic hydroxyl groups excluding tert-OH is 1. The van der Waals surface area contributed by atoms with Crippen molar-refractivity contribution in [3.63, 3.8) is 0 Å². The van der Waals surface area contributed by atoms with Crippen LogP contribution >= 0.6 is 0 Å². The molecule has 166 valence electrons. The summed E-state index contributed by atoms with van der Waals surface area (Å²) >= 11 is 0. The van der Waals surface area contributed by atoms with Gasteiger partial charge < -0.3 is 15.7 Å². The van der Waals surface area contributed by atoms with Gasteiger partial charge in [-0.15, -0.1) is 0 Å². The van der Waals surface area contributed by atoms with Crippen LogP contribution in [0.3, 0.4) is 0 Å². The number of aryl methyl sites for hydroxylation is 1. The fraction of sp³-hybridized carbons (Fsp3) is 0.273. The van der Waals surface area contributed by atoms with Crippen LogP contribution in [0, 0.1) is 6.92 Å². The molecule has 1 fully saturated rings. The van der Waals surface area contributed by atoms with Crippen molar-refractivity contribution in [1.82, 2.24) is 20.3 Å². The largest absolute Gasteiger partial charge is 0.433 e. The van der Waals surface area contributed by atoms with Crippen molar-refractivity contribution in [3.8, 4) is 11.1 Å². The Morgan fingerprint density at radius 1 is 1.12 bits per heavy atom. The minimum Gasteiger partial charge on any atom is -0.394 e. The maximum Gasteiger partial charge on any atom is 0.433 e. The highest BCUT2D eigenvalue weighted by atomic mass is 19.4. The summed E-state index contributed by atoms with van der Waals surface area (Å²) in [6, 6.07) is 9.51. The van der Waals surface area contributed by atoms with E-state index in [0.717, 1.165) is 41.8 Å². The number of aliphatic hydroxyl groups is 1. The van der Waals surface area contributed by atoms with E-state index in [9.17, 15) is 23.1 Å². The van der Waals surface area contributed by atoms with Crippen LogP contribution in [0.25, 0.3) is 11.1 Å². The number of halogens is 3. The highest BCUT2D eigenvalue weighted by Crippen LogP contribution is 2.35. The summed E-state index contributed by atoms with van der Waals surface area (Å²) in [4.78, 5) is 23.9. The zero-order valence-corrected chi connectivity index (χ0v) is 17.1. The molecule has 0 radical (unpaired) electrons. The lowest BCUT2D eigenvalue weighted by Crippen LogP contribution is -2.39. The number of nitrogens with one attached hydrogen (secondary N) is 2. The molecule has 32 heavy (non-hydrogen) atoms. The first-order valence-electron chi connectivity index (χ1n) is 9.86. The average Bonchev–Trinajstić information content (AvgIpc) is 3.53. The van der Waals surface area contributed by atoms with Gasteiger partial charge >= 0.3 is 6.18 Å². The quantitative estimate of drug-likeness (QED) is 0.535. The molecule has 1 saturated carbocycles. The fourth-order valence-electron chi connectivity index (χ4n) is 3.21. The van der Waals surface area contributed by atoms with Gasteiger partial charge in [0.05, 0.1) is 12.1 Å². The van der Waals surface area contributed by atoms with Crippen LogP contribution in [0.4, 0.5) is 24.8 Å². The molecule has 0 bridgehead atoms. The lowest BCUT2D eigenvalue weighted by atomic mass is 10.0. The zero-order chi connectivity index (χ0) is 22.9. The van der Waals surface area contributed by atoms with Crippen molar-refractivity contribution in [2.75, 3.05) is 11.9 Å². The van der Waals surface area contributed by atoms with E-state index in [0.29, 0.717) is 5.69 Å². The van der Waals surface area contributed by atoms with Gasteiger partial charge in [-0.05, 0) is 55.2 Å². The number of hydrogen-bond acceptors (Lipinski definition) is 6. The standard InChI is InChI=1S/C22H20F3N5O2/c1-13-8-15(10-16(9-13)28-20-26-7-4-18(29-20)22(23,24)25)14-2-3-17(27-11-14)19(32)30-21(12-31)5-6-21/h2-4,7-11,31H,5-6,12H2,1H3,(H,30,32)(H,26,28,29). The van der Waals surface area contributed by atoms with Crippen molar-refractivity contribution < 1.29 is 23.1 Å². The first kappa shape index (κ1) is 21.7. The van der Waals surface area contributed by atoms with E-state index in [4.69, 9.17) is 0 Å². The Labute approximate surface area is 181 Å². The van der Waals surface area contributed by atoms with Crippen molar-refractivity contribution in [1.29, 1.82) is 0 Å². The Bertz CT molecular complexity index is 1150. The Morgan fingerprint density at radius 2 is 1.91 bits per heavy atom. The zero-order valence-electron chi connectivity index (χ0n) is 17.1. The summed E-state index contributed by atoms with van der Waals surface area (Å²) in [7, 11) is 0. The smallest absolute Gasteiger partial charge is 0.394 e. The molecule has 1 aliphatic carbocycles. The number of anilines is 2. The van der Waals surface area contributed by atoms with Gasteiger partial charge in [0.2, 0.25) is 5.95 Å². The number of pyridine rings is 1. The summed E-state index contributed by atoms with van der Waals surface area (Å²) in [5.74, 6) is -0.518. The molecule has 0 saturated heterocycles. The van der Waals surface area contributed by atoms with E-state index in [2.05, 4.69) is 25.6 Å². The van der Waals surface area contributed by atoms with Gasteiger partial charge in [-0.2, -0.15) is 13.2 Å². The van der Waals surface area contributed by atoms with Crippen molar-refractivity contribution >= 4 is 17.5 Å². The average molecular weight is 443 g/mol. The highest BCUT2D eigenvalue weighted by Gasteiger charge is 2.43. The second-order valence-electron chi connectivity index (χ2n) is 7.80. The number of alkyl halides is 3. The topological polar surface area (TPSA) is 100 Å². The van der Waals surface area contributed by atoms with E-state index < -0.39 is 17.4 Å². The first-order valence-corrected chi connectivity index (χ1v) is 9.86. The molecule has 4 rings (SSSR count). The maximum absolute atomic E-state index is 12.9. The molecule has 0 aliphatic heterocycles. The second kappa shape index (κ2) is 8.19. The Balaban J connectivity index is 1.53. The molecule has 0 atom stereocenters. The molecule has 0 spiro atoms. The third-order valence-corrected chi connectivity index (χ3v) is 5.14. The number of nitrogens with zero attached hydrogens (tertiary/aromatic N) is 3. The lowest BCUT2D eigenvalue weighted by Gasteiger charge is -2.14. The molecule has 7 nitrogen and oxygen atoms in total. The molecule has 1 amide bonds. The predicted octanol–water partition coefficient (Wildman–Crippen LogP) is 3.86. The van der Waals surface area contributed by atoms with Gasteiger partial charge in [-0.25, -0.2) is 9.97 Å².